The Morgan fingerprint density at radius 2 is 1.94 bits per heavy atom. The van der Waals surface area contributed by atoms with Gasteiger partial charge in [0, 0.05) is 24.6 Å². The van der Waals surface area contributed by atoms with Crippen LogP contribution in [0.1, 0.15) is 37.0 Å². The highest BCUT2D eigenvalue weighted by molar-refractivity contribution is 8.26. The zero-order valence-corrected chi connectivity index (χ0v) is 18.1. The van der Waals surface area contributed by atoms with Crippen LogP contribution in [0.3, 0.4) is 0 Å². The summed E-state index contributed by atoms with van der Waals surface area (Å²) in [6.07, 6.45) is -1.39. The van der Waals surface area contributed by atoms with Crippen molar-refractivity contribution >= 4 is 46.3 Å². The van der Waals surface area contributed by atoms with Gasteiger partial charge < -0.3 is 14.6 Å². The Kier molecular flexibility index (Phi) is 7.29. The minimum absolute atomic E-state index is 0.0740. The second-order valence-corrected chi connectivity index (χ2v) is 8.65. The van der Waals surface area contributed by atoms with Crippen LogP contribution in [0.15, 0.2) is 39.7 Å². The van der Waals surface area contributed by atoms with Crippen molar-refractivity contribution < 1.29 is 37.4 Å². The highest BCUT2D eigenvalue weighted by Crippen LogP contribution is 2.39. The van der Waals surface area contributed by atoms with Crippen molar-refractivity contribution in [1.82, 2.24) is 4.90 Å². The molecule has 2 heterocycles. The first kappa shape index (κ1) is 23.9. The van der Waals surface area contributed by atoms with Gasteiger partial charge in [-0.3, -0.25) is 14.5 Å². The molecule has 0 atom stereocenters. The van der Waals surface area contributed by atoms with Gasteiger partial charge in [0.05, 0.1) is 10.5 Å². The SMILES string of the molecule is O=C(O)CCCCCN1C(=O)/C(=C\c2ccc(-c3ccc(O)c(C(F)(F)F)c3)o2)SC1=S. The van der Waals surface area contributed by atoms with E-state index in [4.69, 9.17) is 21.7 Å². The fraction of sp³-hybridized carbons (Fsp3) is 0.286. The Balaban J connectivity index is 1.69. The van der Waals surface area contributed by atoms with Gasteiger partial charge in [0.25, 0.3) is 5.91 Å². The van der Waals surface area contributed by atoms with Gasteiger partial charge in [-0.25, -0.2) is 0 Å². The van der Waals surface area contributed by atoms with Gasteiger partial charge in [-0.2, -0.15) is 13.2 Å². The van der Waals surface area contributed by atoms with Crippen LogP contribution in [0.25, 0.3) is 17.4 Å². The topological polar surface area (TPSA) is 91.0 Å². The molecule has 170 valence electrons. The van der Waals surface area contributed by atoms with Crippen LogP contribution in [0.5, 0.6) is 5.75 Å². The summed E-state index contributed by atoms with van der Waals surface area (Å²) in [5.74, 6) is -1.63. The maximum Gasteiger partial charge on any atom is 0.419 e. The molecule has 1 saturated heterocycles. The van der Waals surface area contributed by atoms with E-state index >= 15 is 0 Å². The molecule has 2 aromatic rings. The van der Waals surface area contributed by atoms with Crippen LogP contribution < -0.4 is 0 Å². The number of phenols is 1. The molecule has 32 heavy (non-hydrogen) atoms. The molecule has 11 heteroatoms. The number of nitrogens with zero attached hydrogens (tertiary/aromatic N) is 1. The lowest BCUT2D eigenvalue weighted by atomic mass is 10.1. The first-order valence-corrected chi connectivity index (χ1v) is 10.8. The first-order valence-electron chi connectivity index (χ1n) is 9.54. The molecule has 0 unspecified atom stereocenters. The maximum atomic E-state index is 13.0. The van der Waals surface area contributed by atoms with E-state index in [9.17, 15) is 27.9 Å². The first-order chi connectivity index (χ1) is 15.1. The molecule has 1 aliphatic heterocycles. The lowest BCUT2D eigenvalue weighted by Gasteiger charge is -2.13. The van der Waals surface area contributed by atoms with Crippen LogP contribution in [-0.2, 0) is 15.8 Å². The normalized spacial score (nSPS) is 15.7. The molecule has 1 fully saturated rings. The van der Waals surface area contributed by atoms with E-state index in [-0.39, 0.29) is 29.4 Å². The summed E-state index contributed by atoms with van der Waals surface area (Å²) < 4.78 is 45.0. The number of amides is 1. The summed E-state index contributed by atoms with van der Waals surface area (Å²) in [6.45, 7) is 0.374. The molecule has 6 nitrogen and oxygen atoms in total. The van der Waals surface area contributed by atoms with Gasteiger partial charge in [-0.05, 0) is 43.2 Å². The number of halogens is 3. The molecular formula is C21H18F3NO5S2. The number of aromatic hydroxyl groups is 1. The zero-order chi connectivity index (χ0) is 23.5. The third-order valence-corrected chi connectivity index (χ3v) is 6.01. The summed E-state index contributed by atoms with van der Waals surface area (Å²) in [6, 6.07) is 6.04. The summed E-state index contributed by atoms with van der Waals surface area (Å²) in [5, 5.41) is 18.1. The van der Waals surface area contributed by atoms with Crippen molar-refractivity contribution in [3.63, 3.8) is 0 Å². The summed E-state index contributed by atoms with van der Waals surface area (Å²) >= 11 is 6.34. The van der Waals surface area contributed by atoms with Crippen molar-refractivity contribution in [2.45, 2.75) is 31.9 Å². The lowest BCUT2D eigenvalue weighted by molar-refractivity contribution is -0.139. The molecule has 0 saturated carbocycles. The number of thiocarbonyl (C=S) groups is 1. The number of furan rings is 1. The van der Waals surface area contributed by atoms with Crippen molar-refractivity contribution in [2.75, 3.05) is 6.54 Å². The Morgan fingerprint density at radius 1 is 1.19 bits per heavy atom. The molecule has 0 bridgehead atoms. The molecule has 2 N–H and O–H groups in total. The van der Waals surface area contributed by atoms with Crippen molar-refractivity contribution in [1.29, 1.82) is 0 Å². The number of unbranched alkanes of at least 4 members (excludes halogenated alkanes) is 2. The third kappa shape index (κ3) is 5.71. The number of carbonyl (C=O) groups is 2. The number of carbonyl (C=O) groups excluding carboxylic acids is 1. The van der Waals surface area contributed by atoms with E-state index in [2.05, 4.69) is 0 Å². The molecule has 1 aliphatic rings. The number of phenolic OH excluding ortho intramolecular Hbond substituents is 1. The summed E-state index contributed by atoms with van der Waals surface area (Å²) in [5.41, 5.74) is -1.04. The van der Waals surface area contributed by atoms with Crippen molar-refractivity contribution in [3.8, 4) is 17.1 Å². The van der Waals surface area contributed by atoms with Gasteiger partial charge in [-0.1, -0.05) is 30.4 Å². The molecule has 1 amide bonds. The largest absolute Gasteiger partial charge is 0.507 e. The molecule has 0 aliphatic carbocycles. The molecular weight excluding hydrogens is 467 g/mol. The van der Waals surface area contributed by atoms with Crippen LogP contribution in [0.2, 0.25) is 0 Å². The third-order valence-electron chi connectivity index (χ3n) is 4.63. The van der Waals surface area contributed by atoms with Crippen molar-refractivity contribution in [2.24, 2.45) is 0 Å². The number of rotatable bonds is 8. The Morgan fingerprint density at radius 3 is 2.62 bits per heavy atom. The second-order valence-electron chi connectivity index (χ2n) is 6.97. The number of aliphatic carboxylic acids is 1. The van der Waals surface area contributed by atoms with Gasteiger partial charge in [-0.15, -0.1) is 0 Å². The Hall–Kier alpha value is -2.79. The fourth-order valence-corrected chi connectivity index (χ4v) is 4.34. The average molecular weight is 486 g/mol. The highest BCUT2D eigenvalue weighted by Gasteiger charge is 2.34. The van der Waals surface area contributed by atoms with E-state index in [1.807, 2.05) is 0 Å². The minimum Gasteiger partial charge on any atom is -0.507 e. The monoisotopic (exact) mass is 485 g/mol. The number of alkyl halides is 3. The van der Waals surface area contributed by atoms with Gasteiger partial charge in [0.1, 0.15) is 21.6 Å². The van der Waals surface area contributed by atoms with E-state index < -0.39 is 23.5 Å². The van der Waals surface area contributed by atoms with E-state index in [1.165, 1.54) is 29.2 Å². The van der Waals surface area contributed by atoms with Crippen LogP contribution in [-0.4, -0.2) is 37.9 Å². The van der Waals surface area contributed by atoms with Gasteiger partial charge >= 0.3 is 12.1 Å². The predicted octanol–water partition coefficient (Wildman–Crippen LogP) is 5.52. The molecule has 1 aromatic heterocycles. The van der Waals surface area contributed by atoms with Crippen LogP contribution >= 0.6 is 24.0 Å². The van der Waals surface area contributed by atoms with Gasteiger partial charge in [0.15, 0.2) is 0 Å². The Bertz CT molecular complexity index is 1080. The number of hydrogen-bond donors (Lipinski definition) is 2. The van der Waals surface area contributed by atoms with E-state index in [0.717, 1.165) is 23.9 Å². The van der Waals surface area contributed by atoms with E-state index in [0.29, 0.717) is 35.0 Å². The predicted molar refractivity (Wildman–Crippen MR) is 117 cm³/mol. The number of thioether (sulfide) groups is 1. The lowest BCUT2D eigenvalue weighted by Crippen LogP contribution is -2.29. The molecule has 0 radical (unpaired) electrons. The minimum atomic E-state index is -4.71. The summed E-state index contributed by atoms with van der Waals surface area (Å²) in [4.78, 5) is 24.9. The number of carboxylic acids is 1. The Labute approximate surface area is 190 Å². The highest BCUT2D eigenvalue weighted by atomic mass is 32.2. The number of hydrogen-bond acceptors (Lipinski definition) is 6. The summed E-state index contributed by atoms with van der Waals surface area (Å²) in [7, 11) is 0. The van der Waals surface area contributed by atoms with Crippen LogP contribution in [0.4, 0.5) is 13.2 Å². The zero-order valence-electron chi connectivity index (χ0n) is 16.5. The molecule has 0 spiro atoms. The second kappa shape index (κ2) is 9.78. The molecule has 1 aromatic carbocycles. The number of benzene rings is 1. The quantitative estimate of drug-likeness (QED) is 0.289. The fourth-order valence-electron chi connectivity index (χ4n) is 3.05. The number of carboxylic acid groups (broad SMARTS) is 1. The molecule has 3 rings (SSSR count). The smallest absolute Gasteiger partial charge is 0.419 e. The maximum absolute atomic E-state index is 13.0. The standard InChI is InChI=1S/C21H18F3NO5S2/c22-21(23,24)14-10-12(5-7-15(14)26)16-8-6-13(30-16)11-17-19(29)25(20(31)32-17)9-3-1-2-4-18(27)28/h5-8,10-11,26H,1-4,9H2,(H,27,28)/b17-11+. The van der Waals surface area contributed by atoms with Crippen molar-refractivity contribution in [3.05, 3.63) is 46.6 Å². The average Bonchev–Trinajstić information content (AvgIpc) is 3.27. The van der Waals surface area contributed by atoms with Crippen LogP contribution in [0, 0.1) is 0 Å². The van der Waals surface area contributed by atoms with E-state index in [1.54, 1.807) is 0 Å². The van der Waals surface area contributed by atoms with Gasteiger partial charge in [0.2, 0.25) is 0 Å².